The molecule has 1 amide bonds. The standard InChI is InChI=1S/C17H29N3O2.2ClH/c1-14(20(2)13-15-7-5-4-6-8-15)9-10-19-17(21)11-16(12-18)22-3;;/h4-8,14,16H,9-13,18H2,1-3H3,(H,19,21);2*1H. The van der Waals surface area contributed by atoms with Crippen LogP contribution >= 0.6 is 24.8 Å². The van der Waals surface area contributed by atoms with Gasteiger partial charge in [0, 0.05) is 32.8 Å². The molecular formula is C17H31Cl2N3O2. The number of rotatable bonds is 10. The summed E-state index contributed by atoms with van der Waals surface area (Å²) in [7, 11) is 3.68. The highest BCUT2D eigenvalue weighted by molar-refractivity contribution is 5.85. The van der Waals surface area contributed by atoms with Crippen molar-refractivity contribution in [3.63, 3.8) is 0 Å². The second-order valence-corrected chi connectivity index (χ2v) is 5.69. The van der Waals surface area contributed by atoms with Gasteiger partial charge in [-0.25, -0.2) is 0 Å². The lowest BCUT2D eigenvalue weighted by Crippen LogP contribution is -2.36. The van der Waals surface area contributed by atoms with E-state index in [4.69, 9.17) is 10.5 Å². The molecule has 0 aliphatic carbocycles. The van der Waals surface area contributed by atoms with Gasteiger partial charge in [-0.2, -0.15) is 0 Å². The highest BCUT2D eigenvalue weighted by atomic mass is 35.5. The van der Waals surface area contributed by atoms with Gasteiger partial charge in [0.15, 0.2) is 0 Å². The van der Waals surface area contributed by atoms with Gasteiger partial charge in [0.1, 0.15) is 0 Å². The lowest BCUT2D eigenvalue weighted by Gasteiger charge is -2.25. The fourth-order valence-corrected chi connectivity index (χ4v) is 2.21. The minimum Gasteiger partial charge on any atom is -0.380 e. The Morgan fingerprint density at radius 3 is 2.46 bits per heavy atom. The first-order chi connectivity index (χ1) is 10.6. The van der Waals surface area contributed by atoms with E-state index in [0.29, 0.717) is 25.6 Å². The van der Waals surface area contributed by atoms with Crippen molar-refractivity contribution in [2.45, 2.75) is 38.5 Å². The van der Waals surface area contributed by atoms with Crippen LogP contribution in [0.2, 0.25) is 0 Å². The second-order valence-electron chi connectivity index (χ2n) is 5.69. The Kier molecular flexibility index (Phi) is 15.3. The van der Waals surface area contributed by atoms with Crippen LogP contribution in [0.4, 0.5) is 0 Å². The Bertz CT molecular complexity index is 431. The summed E-state index contributed by atoms with van der Waals surface area (Å²) in [5.74, 6) is -0.00443. The van der Waals surface area contributed by atoms with E-state index in [-0.39, 0.29) is 36.8 Å². The van der Waals surface area contributed by atoms with Gasteiger partial charge in [0.25, 0.3) is 0 Å². The number of methoxy groups -OCH3 is 1. The summed E-state index contributed by atoms with van der Waals surface area (Å²) in [6.45, 7) is 4.11. The average molecular weight is 380 g/mol. The summed E-state index contributed by atoms with van der Waals surface area (Å²) in [5, 5.41) is 2.93. The third-order valence-corrected chi connectivity index (χ3v) is 3.92. The number of nitrogens with two attached hydrogens (primary N) is 1. The Morgan fingerprint density at radius 1 is 1.29 bits per heavy atom. The number of benzene rings is 1. The molecule has 0 spiro atoms. The molecule has 140 valence electrons. The SMILES string of the molecule is COC(CN)CC(=O)NCCC(C)N(C)Cc1ccccc1.Cl.Cl. The van der Waals surface area contributed by atoms with Gasteiger partial charge in [0.05, 0.1) is 12.5 Å². The quantitative estimate of drug-likeness (QED) is 0.653. The number of carbonyl (C=O) groups excluding carboxylic acids is 1. The average Bonchev–Trinajstić information content (AvgIpc) is 2.53. The first-order valence-electron chi connectivity index (χ1n) is 7.80. The van der Waals surface area contributed by atoms with Crippen molar-refractivity contribution in [1.29, 1.82) is 0 Å². The number of halogens is 2. The number of nitrogens with zero attached hydrogens (tertiary/aromatic N) is 1. The van der Waals surface area contributed by atoms with Crippen LogP contribution in [0.25, 0.3) is 0 Å². The molecule has 0 aliphatic rings. The largest absolute Gasteiger partial charge is 0.380 e. The van der Waals surface area contributed by atoms with E-state index in [1.807, 2.05) is 6.07 Å². The zero-order chi connectivity index (χ0) is 16.4. The van der Waals surface area contributed by atoms with Crippen molar-refractivity contribution >= 4 is 30.7 Å². The number of hydrogen-bond donors (Lipinski definition) is 2. The lowest BCUT2D eigenvalue weighted by atomic mass is 10.1. The molecule has 0 aromatic heterocycles. The second kappa shape index (κ2) is 14.5. The molecule has 0 saturated carbocycles. The summed E-state index contributed by atoms with van der Waals surface area (Å²) in [6.07, 6.45) is 1.04. The molecule has 0 heterocycles. The lowest BCUT2D eigenvalue weighted by molar-refractivity contribution is -0.123. The number of nitrogens with one attached hydrogen (secondary N) is 1. The maximum Gasteiger partial charge on any atom is 0.222 e. The highest BCUT2D eigenvalue weighted by Crippen LogP contribution is 2.08. The minimum atomic E-state index is -0.196. The third kappa shape index (κ3) is 10.1. The fourth-order valence-electron chi connectivity index (χ4n) is 2.21. The molecule has 2 unspecified atom stereocenters. The summed E-state index contributed by atoms with van der Waals surface area (Å²) in [6, 6.07) is 10.8. The van der Waals surface area contributed by atoms with Crippen LogP contribution in [-0.4, -0.2) is 50.2 Å². The fraction of sp³-hybridized carbons (Fsp3) is 0.588. The van der Waals surface area contributed by atoms with E-state index in [1.54, 1.807) is 7.11 Å². The number of amides is 1. The van der Waals surface area contributed by atoms with Gasteiger partial charge in [0.2, 0.25) is 5.91 Å². The molecule has 5 nitrogen and oxygen atoms in total. The molecule has 1 aromatic rings. The Labute approximate surface area is 158 Å². The van der Waals surface area contributed by atoms with Crippen molar-refractivity contribution in [2.75, 3.05) is 27.2 Å². The zero-order valence-corrected chi connectivity index (χ0v) is 16.4. The first-order valence-corrected chi connectivity index (χ1v) is 7.80. The van der Waals surface area contributed by atoms with Gasteiger partial charge in [-0.15, -0.1) is 24.8 Å². The maximum absolute atomic E-state index is 11.8. The topological polar surface area (TPSA) is 67.6 Å². The van der Waals surface area contributed by atoms with Crippen LogP contribution in [0.5, 0.6) is 0 Å². The van der Waals surface area contributed by atoms with Crippen molar-refractivity contribution < 1.29 is 9.53 Å². The Hall–Kier alpha value is -0.850. The number of ether oxygens (including phenoxy) is 1. The molecule has 0 saturated heterocycles. The molecule has 0 aliphatic heterocycles. The van der Waals surface area contributed by atoms with E-state index in [9.17, 15) is 4.79 Å². The van der Waals surface area contributed by atoms with Crippen LogP contribution in [0.1, 0.15) is 25.3 Å². The van der Waals surface area contributed by atoms with Crippen LogP contribution in [0.3, 0.4) is 0 Å². The summed E-state index contributed by atoms with van der Waals surface area (Å²) < 4.78 is 5.11. The molecule has 1 rings (SSSR count). The van der Waals surface area contributed by atoms with Crippen LogP contribution in [0, 0.1) is 0 Å². The summed E-state index contributed by atoms with van der Waals surface area (Å²) >= 11 is 0. The van der Waals surface area contributed by atoms with E-state index >= 15 is 0 Å². The van der Waals surface area contributed by atoms with Crippen LogP contribution in [-0.2, 0) is 16.1 Å². The molecule has 2 atom stereocenters. The predicted molar refractivity (Wildman–Crippen MR) is 104 cm³/mol. The Balaban J connectivity index is 0. The van der Waals surface area contributed by atoms with Crippen molar-refractivity contribution in [3.05, 3.63) is 35.9 Å². The maximum atomic E-state index is 11.8. The molecule has 0 fully saturated rings. The number of carbonyl (C=O) groups is 1. The van der Waals surface area contributed by atoms with Gasteiger partial charge < -0.3 is 15.8 Å². The van der Waals surface area contributed by atoms with E-state index in [2.05, 4.69) is 48.5 Å². The molecule has 0 bridgehead atoms. The van der Waals surface area contributed by atoms with Crippen LogP contribution < -0.4 is 11.1 Å². The molecular weight excluding hydrogens is 349 g/mol. The highest BCUT2D eigenvalue weighted by Gasteiger charge is 2.13. The first kappa shape index (κ1) is 25.4. The smallest absolute Gasteiger partial charge is 0.222 e. The molecule has 3 N–H and O–H groups in total. The molecule has 7 heteroatoms. The monoisotopic (exact) mass is 379 g/mol. The molecule has 1 aromatic carbocycles. The van der Waals surface area contributed by atoms with E-state index in [0.717, 1.165) is 13.0 Å². The van der Waals surface area contributed by atoms with Gasteiger partial charge in [-0.1, -0.05) is 30.3 Å². The minimum absolute atomic E-state index is 0. The zero-order valence-electron chi connectivity index (χ0n) is 14.7. The predicted octanol–water partition coefficient (Wildman–Crippen LogP) is 2.22. The normalized spacial score (nSPS) is 12.7. The summed E-state index contributed by atoms with van der Waals surface area (Å²) in [5.41, 5.74) is 6.81. The third-order valence-electron chi connectivity index (χ3n) is 3.92. The molecule has 24 heavy (non-hydrogen) atoms. The summed E-state index contributed by atoms with van der Waals surface area (Å²) in [4.78, 5) is 14.0. The van der Waals surface area contributed by atoms with Gasteiger partial charge >= 0.3 is 0 Å². The van der Waals surface area contributed by atoms with Crippen LogP contribution in [0.15, 0.2) is 30.3 Å². The van der Waals surface area contributed by atoms with Crippen molar-refractivity contribution in [3.8, 4) is 0 Å². The van der Waals surface area contributed by atoms with Crippen molar-refractivity contribution in [2.24, 2.45) is 5.73 Å². The van der Waals surface area contributed by atoms with Crippen molar-refractivity contribution in [1.82, 2.24) is 10.2 Å². The Morgan fingerprint density at radius 2 is 1.92 bits per heavy atom. The van der Waals surface area contributed by atoms with E-state index < -0.39 is 0 Å². The van der Waals surface area contributed by atoms with Gasteiger partial charge in [-0.05, 0) is 26.0 Å². The van der Waals surface area contributed by atoms with Gasteiger partial charge in [-0.3, -0.25) is 9.69 Å². The number of hydrogen-bond acceptors (Lipinski definition) is 4. The van der Waals surface area contributed by atoms with E-state index in [1.165, 1.54) is 5.56 Å². The molecule has 0 radical (unpaired) electrons.